The van der Waals surface area contributed by atoms with Gasteiger partial charge < -0.3 is 24.1 Å². The maximum absolute atomic E-state index is 11.0. The third kappa shape index (κ3) is 2.84. The molecule has 0 aromatic heterocycles. The predicted molar refractivity (Wildman–Crippen MR) is 76.4 cm³/mol. The SMILES string of the molecule is CCCCCCC1=C[C@@]2(O)[C@@H](CO1)O[C@@H]1OC(C)(C)O[C@@H]12. The topological polar surface area (TPSA) is 57.2 Å². The second-order valence-corrected chi connectivity index (χ2v) is 6.67. The van der Waals surface area contributed by atoms with E-state index < -0.39 is 29.9 Å². The lowest BCUT2D eigenvalue weighted by atomic mass is 9.89. The number of allylic oxidation sites excluding steroid dienone is 1. The summed E-state index contributed by atoms with van der Waals surface area (Å²) in [5.41, 5.74) is -1.14. The summed E-state index contributed by atoms with van der Waals surface area (Å²) < 4.78 is 23.0. The lowest BCUT2D eigenvalue weighted by Gasteiger charge is -2.35. The molecular formula is C16H26O5. The van der Waals surface area contributed by atoms with E-state index in [1.54, 1.807) is 6.08 Å². The lowest BCUT2D eigenvalue weighted by Crippen LogP contribution is -2.51. The van der Waals surface area contributed by atoms with Gasteiger partial charge in [-0.05, 0) is 26.3 Å². The van der Waals surface area contributed by atoms with Crippen LogP contribution in [-0.2, 0) is 18.9 Å². The number of unbranched alkanes of at least 4 members (excludes halogenated alkanes) is 3. The summed E-state index contributed by atoms with van der Waals surface area (Å²) in [5.74, 6) is 0.131. The van der Waals surface area contributed by atoms with Crippen LogP contribution >= 0.6 is 0 Å². The van der Waals surface area contributed by atoms with Gasteiger partial charge in [0.2, 0.25) is 0 Å². The van der Waals surface area contributed by atoms with Crippen LogP contribution in [0.4, 0.5) is 0 Å². The average Bonchev–Trinajstić information content (AvgIpc) is 2.85. The van der Waals surface area contributed by atoms with Gasteiger partial charge in [-0.3, -0.25) is 0 Å². The van der Waals surface area contributed by atoms with Crippen LogP contribution in [0.1, 0.15) is 52.9 Å². The monoisotopic (exact) mass is 298 g/mol. The molecule has 21 heavy (non-hydrogen) atoms. The minimum absolute atomic E-state index is 0.357. The van der Waals surface area contributed by atoms with Crippen LogP contribution in [0.2, 0.25) is 0 Å². The molecule has 0 aliphatic carbocycles. The van der Waals surface area contributed by atoms with E-state index in [1.807, 2.05) is 13.8 Å². The summed E-state index contributed by atoms with van der Waals surface area (Å²) in [5, 5.41) is 11.0. The quantitative estimate of drug-likeness (QED) is 0.790. The van der Waals surface area contributed by atoms with Gasteiger partial charge in [-0.25, -0.2) is 0 Å². The van der Waals surface area contributed by atoms with Gasteiger partial charge in [0.15, 0.2) is 12.1 Å². The van der Waals surface area contributed by atoms with E-state index in [0.29, 0.717) is 6.61 Å². The van der Waals surface area contributed by atoms with Gasteiger partial charge in [-0.1, -0.05) is 26.2 Å². The van der Waals surface area contributed by atoms with E-state index in [-0.39, 0.29) is 0 Å². The van der Waals surface area contributed by atoms with Gasteiger partial charge in [-0.2, -0.15) is 0 Å². The van der Waals surface area contributed by atoms with Crippen molar-refractivity contribution in [2.24, 2.45) is 0 Å². The molecule has 3 aliphatic heterocycles. The normalized spacial score (nSPS) is 40.4. The summed E-state index contributed by atoms with van der Waals surface area (Å²) in [4.78, 5) is 0. The zero-order valence-electron chi connectivity index (χ0n) is 13.1. The van der Waals surface area contributed by atoms with Crippen LogP contribution in [0.3, 0.4) is 0 Å². The first-order valence-corrected chi connectivity index (χ1v) is 8.02. The fraction of sp³-hybridized carbons (Fsp3) is 0.875. The first-order chi connectivity index (χ1) is 9.94. The molecule has 5 nitrogen and oxygen atoms in total. The Balaban J connectivity index is 1.68. The second kappa shape index (κ2) is 5.54. The molecule has 1 N–H and O–H groups in total. The molecule has 0 unspecified atom stereocenters. The van der Waals surface area contributed by atoms with Crippen molar-refractivity contribution in [1.29, 1.82) is 0 Å². The first-order valence-electron chi connectivity index (χ1n) is 8.02. The number of hydrogen-bond acceptors (Lipinski definition) is 5. The molecule has 0 aromatic carbocycles. The van der Waals surface area contributed by atoms with Gasteiger partial charge in [0.25, 0.3) is 0 Å². The average molecular weight is 298 g/mol. The summed E-state index contributed by atoms with van der Waals surface area (Å²) in [6.07, 6.45) is 5.96. The molecule has 3 heterocycles. The fourth-order valence-corrected chi connectivity index (χ4v) is 3.30. The summed E-state index contributed by atoms with van der Waals surface area (Å²) >= 11 is 0. The molecule has 3 aliphatic rings. The van der Waals surface area contributed by atoms with E-state index in [1.165, 1.54) is 19.3 Å². The maximum atomic E-state index is 11.0. The highest BCUT2D eigenvalue weighted by molar-refractivity contribution is 5.21. The van der Waals surface area contributed by atoms with E-state index in [0.717, 1.165) is 18.6 Å². The molecule has 0 spiro atoms. The Morgan fingerprint density at radius 2 is 2.05 bits per heavy atom. The van der Waals surface area contributed by atoms with Gasteiger partial charge in [-0.15, -0.1) is 0 Å². The molecule has 0 amide bonds. The number of aliphatic hydroxyl groups is 1. The molecule has 0 bridgehead atoms. The fourth-order valence-electron chi connectivity index (χ4n) is 3.30. The Kier molecular flexibility index (Phi) is 4.03. The molecule has 3 rings (SSSR count). The van der Waals surface area contributed by atoms with E-state index in [4.69, 9.17) is 18.9 Å². The third-order valence-corrected chi connectivity index (χ3v) is 4.42. The smallest absolute Gasteiger partial charge is 0.191 e. The third-order valence-electron chi connectivity index (χ3n) is 4.42. The first kappa shape index (κ1) is 15.3. The molecule has 2 saturated heterocycles. The van der Waals surface area contributed by atoms with E-state index in [9.17, 15) is 5.11 Å². The summed E-state index contributed by atoms with van der Waals surface area (Å²) in [7, 11) is 0. The molecule has 0 saturated carbocycles. The van der Waals surface area contributed by atoms with Crippen molar-refractivity contribution in [3.8, 4) is 0 Å². The molecule has 4 atom stereocenters. The van der Waals surface area contributed by atoms with Gasteiger partial charge >= 0.3 is 0 Å². The summed E-state index contributed by atoms with van der Waals surface area (Å²) in [6, 6.07) is 0. The predicted octanol–water partition coefficient (Wildman–Crippen LogP) is 2.48. The Morgan fingerprint density at radius 1 is 1.24 bits per heavy atom. The van der Waals surface area contributed by atoms with Crippen LogP contribution in [0, 0.1) is 0 Å². The molecule has 0 aromatic rings. The standard InChI is InChI=1S/C16H26O5/c1-4-5-6-7-8-11-9-16(17)12(10-18-11)19-14-13(16)20-15(2,3)21-14/h9,12-14,17H,4-8,10H2,1-3H3/t12-,13+,14-,16-/m1/s1. The molecule has 120 valence electrons. The number of hydrogen-bond donors (Lipinski definition) is 1. The molecule has 2 fully saturated rings. The van der Waals surface area contributed by atoms with Crippen molar-refractivity contribution >= 4 is 0 Å². The Hall–Kier alpha value is -0.620. The zero-order valence-corrected chi connectivity index (χ0v) is 13.1. The largest absolute Gasteiger partial charge is 0.495 e. The van der Waals surface area contributed by atoms with Crippen molar-refractivity contribution in [2.75, 3.05) is 6.61 Å². The maximum Gasteiger partial charge on any atom is 0.191 e. The van der Waals surface area contributed by atoms with Crippen LogP contribution in [0.5, 0.6) is 0 Å². The highest BCUT2D eigenvalue weighted by atomic mass is 16.8. The number of ether oxygens (including phenoxy) is 4. The van der Waals surface area contributed by atoms with Gasteiger partial charge in [0.05, 0.1) is 5.76 Å². The van der Waals surface area contributed by atoms with Gasteiger partial charge in [0, 0.05) is 6.42 Å². The van der Waals surface area contributed by atoms with Crippen LogP contribution < -0.4 is 0 Å². The van der Waals surface area contributed by atoms with Crippen molar-refractivity contribution < 1.29 is 24.1 Å². The van der Waals surface area contributed by atoms with Crippen LogP contribution in [0.25, 0.3) is 0 Å². The highest BCUT2D eigenvalue weighted by Crippen LogP contribution is 2.46. The molecular weight excluding hydrogens is 272 g/mol. The summed E-state index contributed by atoms with van der Waals surface area (Å²) in [6.45, 7) is 6.22. The van der Waals surface area contributed by atoms with Crippen molar-refractivity contribution in [3.05, 3.63) is 11.8 Å². The number of rotatable bonds is 5. The van der Waals surface area contributed by atoms with E-state index >= 15 is 0 Å². The van der Waals surface area contributed by atoms with Crippen molar-refractivity contribution in [2.45, 2.75) is 82.8 Å². The zero-order chi connectivity index (χ0) is 15.1. The van der Waals surface area contributed by atoms with Crippen LogP contribution in [-0.4, -0.2) is 41.6 Å². The van der Waals surface area contributed by atoms with Crippen molar-refractivity contribution in [1.82, 2.24) is 0 Å². The van der Waals surface area contributed by atoms with Crippen LogP contribution in [0.15, 0.2) is 11.8 Å². The van der Waals surface area contributed by atoms with Crippen molar-refractivity contribution in [3.63, 3.8) is 0 Å². The minimum atomic E-state index is -1.14. The van der Waals surface area contributed by atoms with E-state index in [2.05, 4.69) is 6.92 Å². The Labute approximate surface area is 126 Å². The second-order valence-electron chi connectivity index (χ2n) is 6.67. The molecule has 5 heteroatoms. The Morgan fingerprint density at radius 3 is 2.81 bits per heavy atom. The number of fused-ring (bicyclic) bond motifs is 3. The highest BCUT2D eigenvalue weighted by Gasteiger charge is 2.63. The minimum Gasteiger partial charge on any atom is -0.495 e. The Bertz CT molecular complexity index is 419. The van der Waals surface area contributed by atoms with Gasteiger partial charge in [0.1, 0.15) is 24.4 Å². The lowest BCUT2D eigenvalue weighted by molar-refractivity contribution is -0.230. The molecule has 0 radical (unpaired) electrons.